The highest BCUT2D eigenvalue weighted by Gasteiger charge is 2.37. The average molecular weight is 232 g/mol. The van der Waals surface area contributed by atoms with E-state index in [1.807, 2.05) is 0 Å². The molecular formula is C12H24O2S. The summed E-state index contributed by atoms with van der Waals surface area (Å²) < 4.78 is 23.6. The van der Waals surface area contributed by atoms with Gasteiger partial charge in [-0.2, -0.15) is 0 Å². The summed E-state index contributed by atoms with van der Waals surface area (Å²) in [6.07, 6.45) is 5.79. The van der Waals surface area contributed by atoms with Crippen LogP contribution < -0.4 is 0 Å². The van der Waals surface area contributed by atoms with Crippen LogP contribution in [0.25, 0.3) is 0 Å². The van der Waals surface area contributed by atoms with Gasteiger partial charge in [-0.25, -0.2) is 8.42 Å². The topological polar surface area (TPSA) is 34.1 Å². The molecule has 1 saturated carbocycles. The van der Waals surface area contributed by atoms with E-state index in [2.05, 4.69) is 6.92 Å². The quantitative estimate of drug-likeness (QED) is 0.733. The molecule has 0 bridgehead atoms. The van der Waals surface area contributed by atoms with Crippen LogP contribution in [0.3, 0.4) is 0 Å². The molecule has 0 heterocycles. The Morgan fingerprint density at radius 1 is 1.07 bits per heavy atom. The van der Waals surface area contributed by atoms with Crippen LogP contribution >= 0.6 is 0 Å². The molecule has 0 unspecified atom stereocenters. The van der Waals surface area contributed by atoms with Gasteiger partial charge in [-0.1, -0.05) is 26.2 Å². The third kappa shape index (κ3) is 3.20. The van der Waals surface area contributed by atoms with Crippen LogP contribution in [-0.4, -0.2) is 18.9 Å². The first-order valence-corrected chi connectivity index (χ1v) is 7.54. The van der Waals surface area contributed by atoms with Crippen LogP contribution in [0.2, 0.25) is 0 Å². The minimum absolute atomic E-state index is 0.0321. The lowest BCUT2D eigenvalue weighted by atomic mass is 9.77. The third-order valence-electron chi connectivity index (χ3n) is 3.53. The number of sulfone groups is 1. The molecule has 0 radical (unpaired) electrons. The van der Waals surface area contributed by atoms with Gasteiger partial charge in [-0.3, -0.25) is 0 Å². The molecular weight excluding hydrogens is 208 g/mol. The van der Waals surface area contributed by atoms with Gasteiger partial charge in [0, 0.05) is 0 Å². The molecule has 0 aromatic rings. The highest BCUT2D eigenvalue weighted by molar-refractivity contribution is 7.92. The maximum atomic E-state index is 12.1. The van der Waals surface area contributed by atoms with E-state index >= 15 is 0 Å². The summed E-state index contributed by atoms with van der Waals surface area (Å²) in [5.74, 6) is 0.365. The molecule has 15 heavy (non-hydrogen) atoms. The standard InChI is InChI=1S/C12H24O2S/c1-11(2,3)15(13,14)10-12(4)8-6-5-7-9-12/h5-10H2,1-4H3. The molecule has 1 rings (SSSR count). The van der Waals surface area contributed by atoms with Crippen LogP contribution in [0.1, 0.15) is 59.8 Å². The van der Waals surface area contributed by atoms with Gasteiger partial charge in [0.25, 0.3) is 0 Å². The van der Waals surface area contributed by atoms with Gasteiger partial charge in [0.15, 0.2) is 9.84 Å². The SMILES string of the molecule is CC1(CS(=O)(=O)C(C)(C)C)CCCCC1. The Kier molecular flexibility index (Phi) is 3.54. The number of hydrogen-bond donors (Lipinski definition) is 0. The van der Waals surface area contributed by atoms with Crippen molar-refractivity contribution in [2.75, 3.05) is 5.75 Å². The van der Waals surface area contributed by atoms with Crippen molar-refractivity contribution in [2.24, 2.45) is 5.41 Å². The maximum Gasteiger partial charge on any atom is 0.155 e. The molecule has 0 saturated heterocycles. The maximum absolute atomic E-state index is 12.1. The Hall–Kier alpha value is -0.0500. The van der Waals surface area contributed by atoms with Gasteiger partial charge >= 0.3 is 0 Å². The average Bonchev–Trinajstić information content (AvgIpc) is 2.00. The van der Waals surface area contributed by atoms with Crippen molar-refractivity contribution in [3.8, 4) is 0 Å². The van der Waals surface area contributed by atoms with Crippen LogP contribution in [0.5, 0.6) is 0 Å². The molecule has 0 amide bonds. The molecule has 1 fully saturated rings. The van der Waals surface area contributed by atoms with Crippen molar-refractivity contribution in [1.82, 2.24) is 0 Å². The Balaban J connectivity index is 2.76. The number of hydrogen-bond acceptors (Lipinski definition) is 2. The van der Waals surface area contributed by atoms with Gasteiger partial charge in [-0.15, -0.1) is 0 Å². The molecule has 90 valence electrons. The van der Waals surface area contributed by atoms with Gasteiger partial charge in [-0.05, 0) is 39.0 Å². The lowest BCUT2D eigenvalue weighted by molar-refractivity contribution is 0.246. The van der Waals surface area contributed by atoms with E-state index in [1.165, 1.54) is 19.3 Å². The molecule has 2 nitrogen and oxygen atoms in total. The Morgan fingerprint density at radius 2 is 1.53 bits per heavy atom. The molecule has 1 aliphatic rings. The summed E-state index contributed by atoms with van der Waals surface area (Å²) in [6, 6.07) is 0. The van der Waals surface area contributed by atoms with Crippen molar-refractivity contribution >= 4 is 9.84 Å². The largest absolute Gasteiger partial charge is 0.228 e. The fraction of sp³-hybridized carbons (Fsp3) is 1.00. The van der Waals surface area contributed by atoms with Crippen LogP contribution in [0.4, 0.5) is 0 Å². The van der Waals surface area contributed by atoms with E-state index in [4.69, 9.17) is 0 Å². The smallest absolute Gasteiger partial charge is 0.155 e. The van der Waals surface area contributed by atoms with Crippen LogP contribution in [-0.2, 0) is 9.84 Å². The summed E-state index contributed by atoms with van der Waals surface area (Å²) >= 11 is 0. The minimum atomic E-state index is -2.96. The second-order valence-electron chi connectivity index (χ2n) is 6.24. The van der Waals surface area contributed by atoms with E-state index < -0.39 is 14.6 Å². The fourth-order valence-electron chi connectivity index (χ4n) is 2.22. The second kappa shape index (κ2) is 4.08. The number of rotatable bonds is 2. The highest BCUT2D eigenvalue weighted by Crippen LogP contribution is 2.38. The summed E-state index contributed by atoms with van der Waals surface area (Å²) in [5, 5.41) is 0. The summed E-state index contributed by atoms with van der Waals surface area (Å²) in [7, 11) is -2.96. The molecule has 0 N–H and O–H groups in total. The van der Waals surface area contributed by atoms with Crippen molar-refractivity contribution in [3.63, 3.8) is 0 Å². The molecule has 0 atom stereocenters. The zero-order chi connectivity index (χ0) is 11.7. The van der Waals surface area contributed by atoms with Crippen LogP contribution in [0.15, 0.2) is 0 Å². The minimum Gasteiger partial charge on any atom is -0.228 e. The zero-order valence-electron chi connectivity index (χ0n) is 10.5. The zero-order valence-corrected chi connectivity index (χ0v) is 11.3. The highest BCUT2D eigenvalue weighted by atomic mass is 32.2. The first kappa shape index (κ1) is 13.0. The predicted molar refractivity (Wildman–Crippen MR) is 64.7 cm³/mol. The van der Waals surface area contributed by atoms with E-state index in [0.717, 1.165) is 12.8 Å². The molecule has 3 heteroatoms. The van der Waals surface area contributed by atoms with E-state index in [-0.39, 0.29) is 5.41 Å². The van der Waals surface area contributed by atoms with Crippen molar-refractivity contribution < 1.29 is 8.42 Å². The first-order valence-electron chi connectivity index (χ1n) is 5.89. The van der Waals surface area contributed by atoms with Crippen LogP contribution in [0, 0.1) is 5.41 Å². The van der Waals surface area contributed by atoms with Crippen molar-refractivity contribution in [3.05, 3.63) is 0 Å². The predicted octanol–water partition coefficient (Wildman–Crippen LogP) is 3.17. The molecule has 1 aliphatic carbocycles. The molecule has 0 spiro atoms. The van der Waals surface area contributed by atoms with Gasteiger partial charge in [0.1, 0.15) is 0 Å². The van der Waals surface area contributed by atoms with Crippen molar-refractivity contribution in [2.45, 2.75) is 64.5 Å². The van der Waals surface area contributed by atoms with E-state index in [0.29, 0.717) is 5.75 Å². The van der Waals surface area contributed by atoms with E-state index in [1.54, 1.807) is 20.8 Å². The Bertz CT molecular complexity index is 303. The van der Waals surface area contributed by atoms with Gasteiger partial charge < -0.3 is 0 Å². The lowest BCUT2D eigenvalue weighted by Gasteiger charge is -2.35. The second-order valence-corrected chi connectivity index (χ2v) is 8.99. The Morgan fingerprint density at radius 3 is 1.93 bits per heavy atom. The summed E-state index contributed by atoms with van der Waals surface area (Å²) in [5.41, 5.74) is 0.0321. The molecule has 0 aliphatic heterocycles. The summed E-state index contributed by atoms with van der Waals surface area (Å²) in [4.78, 5) is 0. The summed E-state index contributed by atoms with van der Waals surface area (Å²) in [6.45, 7) is 7.53. The molecule has 0 aromatic carbocycles. The normalized spacial score (nSPS) is 22.7. The first-order chi connectivity index (χ1) is 6.66. The van der Waals surface area contributed by atoms with Crippen molar-refractivity contribution in [1.29, 1.82) is 0 Å². The lowest BCUT2D eigenvalue weighted by Crippen LogP contribution is -2.38. The monoisotopic (exact) mass is 232 g/mol. The fourth-order valence-corrected chi connectivity index (χ4v) is 3.86. The third-order valence-corrected chi connectivity index (χ3v) is 6.48. The Labute approximate surface area is 94.4 Å². The molecule has 0 aromatic heterocycles. The van der Waals surface area contributed by atoms with Gasteiger partial charge in [0.2, 0.25) is 0 Å². The van der Waals surface area contributed by atoms with Gasteiger partial charge in [0.05, 0.1) is 10.5 Å². The van der Waals surface area contributed by atoms with E-state index in [9.17, 15) is 8.42 Å².